The highest BCUT2D eigenvalue weighted by molar-refractivity contribution is 5.97. The Hall–Kier alpha value is -3.93. The van der Waals surface area contributed by atoms with Crippen LogP contribution in [0.2, 0.25) is 0 Å². The first kappa shape index (κ1) is 28.1. The molecule has 1 aliphatic heterocycles. The molecule has 1 aromatic carbocycles. The van der Waals surface area contributed by atoms with E-state index in [1.165, 1.54) is 9.20 Å². The zero-order valence-electron chi connectivity index (χ0n) is 23.4. The normalized spacial score (nSPS) is 13.8. The van der Waals surface area contributed by atoms with Crippen molar-refractivity contribution in [2.45, 2.75) is 46.6 Å². The minimum atomic E-state index is -0.674. The average Bonchev–Trinajstić information content (AvgIpc) is 3.23. The number of aromatic nitrogens is 4. The number of ketones is 1. The van der Waals surface area contributed by atoms with Gasteiger partial charge in [0.05, 0.1) is 39.2 Å². The lowest BCUT2D eigenvalue weighted by molar-refractivity contribution is -0.714. The van der Waals surface area contributed by atoms with Crippen molar-refractivity contribution in [2.24, 2.45) is 0 Å². The summed E-state index contributed by atoms with van der Waals surface area (Å²) in [6.45, 7) is 13.0. The van der Waals surface area contributed by atoms with Crippen LogP contribution in [0, 0.1) is 0 Å². The third-order valence-electron chi connectivity index (χ3n) is 6.30. The standard InChI is InChI=1S/C27H36N6O6/c1-7-38-22-9-10-23-32(30-25(33(23)29-22)28-26(35)39-8-2)17-21(34)18-15-19(27(3,4)5)24(36-6)20(16-18)31-11-13-37-14-12-31/h9-10,15-16H,7-8,11-14,17H2,1-6H3/p+1. The van der Waals surface area contributed by atoms with E-state index in [2.05, 4.69) is 41.2 Å². The molecular weight excluding hydrogens is 504 g/mol. The van der Waals surface area contributed by atoms with Crippen LogP contribution in [0.3, 0.4) is 0 Å². The van der Waals surface area contributed by atoms with Crippen LogP contribution in [0.5, 0.6) is 11.6 Å². The van der Waals surface area contributed by atoms with Gasteiger partial charge in [-0.2, -0.15) is 0 Å². The Morgan fingerprint density at radius 3 is 2.51 bits per heavy atom. The van der Waals surface area contributed by atoms with Crippen LogP contribution in [0.4, 0.5) is 16.4 Å². The summed E-state index contributed by atoms with van der Waals surface area (Å²) in [5, 5.41) is 11.5. The molecule has 3 aromatic rings. The molecule has 39 heavy (non-hydrogen) atoms. The van der Waals surface area contributed by atoms with E-state index < -0.39 is 6.09 Å². The van der Waals surface area contributed by atoms with Crippen molar-refractivity contribution in [1.82, 2.24) is 14.7 Å². The molecule has 12 heteroatoms. The van der Waals surface area contributed by atoms with E-state index in [9.17, 15) is 9.59 Å². The summed E-state index contributed by atoms with van der Waals surface area (Å²) in [6.07, 6.45) is -0.674. The lowest BCUT2D eigenvalue weighted by Gasteiger charge is -2.33. The van der Waals surface area contributed by atoms with Crippen LogP contribution in [0.15, 0.2) is 24.3 Å². The number of fused-ring (bicyclic) bond motifs is 1. The van der Waals surface area contributed by atoms with Crippen LogP contribution in [0.1, 0.15) is 50.5 Å². The second kappa shape index (κ2) is 11.9. The second-order valence-corrected chi connectivity index (χ2v) is 10.1. The van der Waals surface area contributed by atoms with Crippen LogP contribution in [-0.2, 0) is 21.4 Å². The van der Waals surface area contributed by atoms with Crippen molar-refractivity contribution in [3.8, 4) is 11.6 Å². The van der Waals surface area contributed by atoms with Crippen molar-refractivity contribution >= 4 is 29.2 Å². The summed E-state index contributed by atoms with van der Waals surface area (Å²) in [5.41, 5.74) is 2.56. The molecule has 0 spiro atoms. The van der Waals surface area contributed by atoms with E-state index in [-0.39, 0.29) is 30.3 Å². The first-order valence-electron chi connectivity index (χ1n) is 13.1. The van der Waals surface area contributed by atoms with Gasteiger partial charge < -0.3 is 23.8 Å². The van der Waals surface area contributed by atoms with E-state index in [0.29, 0.717) is 50.0 Å². The average molecular weight is 542 g/mol. The Labute approximate surface area is 227 Å². The molecule has 0 saturated carbocycles. The monoisotopic (exact) mass is 541 g/mol. The van der Waals surface area contributed by atoms with Crippen molar-refractivity contribution in [3.63, 3.8) is 0 Å². The summed E-state index contributed by atoms with van der Waals surface area (Å²) in [6, 6.07) is 7.20. The van der Waals surface area contributed by atoms with Crippen molar-refractivity contribution in [3.05, 3.63) is 35.4 Å². The summed E-state index contributed by atoms with van der Waals surface area (Å²) in [7, 11) is 1.66. The maximum atomic E-state index is 13.8. The van der Waals surface area contributed by atoms with Gasteiger partial charge in [-0.3, -0.25) is 4.79 Å². The number of ether oxygens (including phenoxy) is 4. The molecule has 0 radical (unpaired) electrons. The Balaban J connectivity index is 1.75. The largest absolute Gasteiger partial charge is 0.494 e. The summed E-state index contributed by atoms with van der Waals surface area (Å²) in [4.78, 5) is 28.1. The molecule has 210 valence electrons. The van der Waals surface area contributed by atoms with Gasteiger partial charge in [-0.05, 0) is 41.6 Å². The maximum Gasteiger partial charge on any atom is 0.415 e. The fourth-order valence-electron chi connectivity index (χ4n) is 4.45. The van der Waals surface area contributed by atoms with Gasteiger partial charge in [0.25, 0.3) is 5.88 Å². The minimum Gasteiger partial charge on any atom is -0.494 e. The van der Waals surface area contributed by atoms with Gasteiger partial charge in [0.2, 0.25) is 5.78 Å². The first-order valence-corrected chi connectivity index (χ1v) is 13.1. The highest BCUT2D eigenvalue weighted by atomic mass is 16.5. The number of morpholine rings is 1. The molecule has 0 atom stereocenters. The van der Waals surface area contributed by atoms with E-state index in [0.717, 1.165) is 17.0 Å². The zero-order chi connectivity index (χ0) is 28.2. The lowest BCUT2D eigenvalue weighted by Crippen LogP contribution is -2.41. The summed E-state index contributed by atoms with van der Waals surface area (Å²) >= 11 is 0. The highest BCUT2D eigenvalue weighted by Gasteiger charge is 2.30. The minimum absolute atomic E-state index is 0.0812. The van der Waals surface area contributed by atoms with E-state index >= 15 is 0 Å². The highest BCUT2D eigenvalue weighted by Crippen LogP contribution is 2.40. The number of benzene rings is 1. The first-order chi connectivity index (χ1) is 18.7. The number of hydrogen-bond acceptors (Lipinski definition) is 9. The van der Waals surface area contributed by atoms with Gasteiger partial charge in [0.1, 0.15) is 5.75 Å². The topological polar surface area (TPSA) is 120 Å². The number of rotatable bonds is 9. The molecule has 12 nitrogen and oxygen atoms in total. The molecular formula is C27H37N6O6+. The second-order valence-electron chi connectivity index (χ2n) is 10.1. The number of nitrogens with one attached hydrogen (secondary N) is 1. The SMILES string of the molecule is CCOC(=O)Nc1n[n+](CC(=O)c2cc(N3CCOCC3)c(OC)c(C(C)(C)C)c2)c2ccc(OCC)nn12. The van der Waals surface area contributed by atoms with Gasteiger partial charge in [-0.25, -0.2) is 10.1 Å². The van der Waals surface area contributed by atoms with Crippen molar-refractivity contribution in [2.75, 3.05) is 56.8 Å². The van der Waals surface area contributed by atoms with E-state index in [4.69, 9.17) is 18.9 Å². The van der Waals surface area contributed by atoms with Crippen LogP contribution >= 0.6 is 0 Å². The molecule has 2 aromatic heterocycles. The van der Waals surface area contributed by atoms with Gasteiger partial charge in [-0.15, -0.1) is 4.68 Å². The molecule has 1 saturated heterocycles. The number of carbonyl (C=O) groups is 2. The Bertz CT molecular complexity index is 1340. The molecule has 3 heterocycles. The van der Waals surface area contributed by atoms with Crippen LogP contribution in [0.25, 0.3) is 5.65 Å². The number of anilines is 2. The number of Topliss-reactive ketones (excluding diaryl/α,β-unsaturated/α-hetero) is 1. The van der Waals surface area contributed by atoms with Gasteiger partial charge >= 0.3 is 17.7 Å². The number of carbonyl (C=O) groups excluding carboxylic acids is 2. The van der Waals surface area contributed by atoms with Gasteiger partial charge in [-0.1, -0.05) is 25.3 Å². The smallest absolute Gasteiger partial charge is 0.415 e. The molecule has 4 rings (SSSR count). The molecule has 1 N–H and O–H groups in total. The molecule has 1 aliphatic rings. The van der Waals surface area contributed by atoms with E-state index in [1.807, 2.05) is 19.1 Å². The predicted molar refractivity (Wildman–Crippen MR) is 144 cm³/mol. The summed E-state index contributed by atoms with van der Waals surface area (Å²) in [5.74, 6) is 1.07. The number of methoxy groups -OCH3 is 1. The van der Waals surface area contributed by atoms with Gasteiger partial charge in [0.15, 0.2) is 6.54 Å². The number of nitrogens with zero attached hydrogens (tertiary/aromatic N) is 5. The fraction of sp³-hybridized carbons (Fsp3) is 0.519. The third kappa shape index (κ3) is 6.22. The number of hydrogen-bond donors (Lipinski definition) is 1. The van der Waals surface area contributed by atoms with Crippen LogP contribution < -0.4 is 24.4 Å². The molecule has 1 amide bonds. The quantitative estimate of drug-likeness (QED) is 0.322. The maximum absolute atomic E-state index is 13.8. The molecule has 0 bridgehead atoms. The zero-order valence-corrected chi connectivity index (χ0v) is 23.4. The van der Waals surface area contributed by atoms with Gasteiger partial charge in [0, 0.05) is 36.3 Å². The predicted octanol–water partition coefficient (Wildman–Crippen LogP) is 3.01. The Morgan fingerprint density at radius 2 is 1.87 bits per heavy atom. The Kier molecular flexibility index (Phi) is 8.54. The van der Waals surface area contributed by atoms with Crippen molar-refractivity contribution in [1.29, 1.82) is 0 Å². The third-order valence-corrected chi connectivity index (χ3v) is 6.30. The lowest BCUT2D eigenvalue weighted by atomic mass is 9.84. The molecule has 0 aliphatic carbocycles. The van der Waals surface area contributed by atoms with Crippen LogP contribution in [-0.4, -0.2) is 73.2 Å². The Morgan fingerprint density at radius 1 is 1.13 bits per heavy atom. The molecule has 0 unspecified atom stereocenters. The fourth-order valence-corrected chi connectivity index (χ4v) is 4.45. The molecule has 1 fully saturated rings. The number of amides is 1. The summed E-state index contributed by atoms with van der Waals surface area (Å²) < 4.78 is 24.9. The van der Waals surface area contributed by atoms with E-state index in [1.54, 1.807) is 26.2 Å². The van der Waals surface area contributed by atoms with Crippen molar-refractivity contribution < 1.29 is 33.2 Å².